The van der Waals surface area contributed by atoms with Crippen LogP contribution in [0.15, 0.2) is 12.1 Å². The summed E-state index contributed by atoms with van der Waals surface area (Å²) in [4.78, 5) is 15.3. The van der Waals surface area contributed by atoms with Crippen LogP contribution >= 0.6 is 0 Å². The molecule has 0 aromatic carbocycles. The zero-order valence-electron chi connectivity index (χ0n) is 15.7. The van der Waals surface area contributed by atoms with Crippen LogP contribution in [0.3, 0.4) is 0 Å². The number of carbonyl (C=O) groups is 1. The van der Waals surface area contributed by atoms with Gasteiger partial charge in [0, 0.05) is 29.7 Å². The molecule has 0 radical (unpaired) electrons. The Hall–Kier alpha value is -2.04. The topological polar surface area (TPSA) is 43.1 Å². The summed E-state index contributed by atoms with van der Waals surface area (Å²) >= 11 is 0. The number of hydrogen-bond donors (Lipinski definition) is 0. The second-order valence-corrected chi connectivity index (χ2v) is 7.79. The standard InChI is InChI=1S/C20H28N4O/c1-13-10-14(2)23(21-13)12-18-6-5-9-22(18)20(25)19-11-15(3)24(16(19)4)17-7-8-17/h10-11,17-18H,5-9,12H2,1-4H3. The predicted molar refractivity (Wildman–Crippen MR) is 97.9 cm³/mol. The summed E-state index contributed by atoms with van der Waals surface area (Å²) in [7, 11) is 0. The van der Waals surface area contributed by atoms with Gasteiger partial charge < -0.3 is 9.47 Å². The molecule has 2 fully saturated rings. The van der Waals surface area contributed by atoms with Crippen molar-refractivity contribution < 1.29 is 4.79 Å². The van der Waals surface area contributed by atoms with Crippen molar-refractivity contribution in [3.63, 3.8) is 0 Å². The number of nitrogens with zero attached hydrogens (tertiary/aromatic N) is 4. The minimum Gasteiger partial charge on any atom is -0.345 e. The van der Waals surface area contributed by atoms with Crippen LogP contribution in [0.2, 0.25) is 0 Å². The Morgan fingerprint density at radius 3 is 2.52 bits per heavy atom. The van der Waals surface area contributed by atoms with E-state index in [1.807, 2.05) is 6.92 Å². The lowest BCUT2D eigenvalue weighted by atomic mass is 10.1. The monoisotopic (exact) mass is 340 g/mol. The summed E-state index contributed by atoms with van der Waals surface area (Å²) in [6.07, 6.45) is 4.63. The zero-order valence-corrected chi connectivity index (χ0v) is 15.7. The summed E-state index contributed by atoms with van der Waals surface area (Å²) in [5.74, 6) is 0.198. The fraction of sp³-hybridized carbons (Fsp3) is 0.600. The van der Waals surface area contributed by atoms with E-state index in [-0.39, 0.29) is 11.9 Å². The maximum Gasteiger partial charge on any atom is 0.255 e. The van der Waals surface area contributed by atoms with E-state index in [1.165, 1.54) is 24.2 Å². The van der Waals surface area contributed by atoms with E-state index in [0.29, 0.717) is 6.04 Å². The lowest BCUT2D eigenvalue weighted by Crippen LogP contribution is -2.38. The molecule has 1 amide bonds. The molecular formula is C20H28N4O. The molecule has 2 aromatic rings. The Morgan fingerprint density at radius 1 is 1.12 bits per heavy atom. The van der Waals surface area contributed by atoms with Crippen molar-refractivity contribution in [2.45, 2.75) is 72.0 Å². The van der Waals surface area contributed by atoms with Crippen LogP contribution in [0.5, 0.6) is 0 Å². The van der Waals surface area contributed by atoms with Crippen LogP contribution in [-0.4, -0.2) is 37.7 Å². The van der Waals surface area contributed by atoms with Crippen molar-refractivity contribution in [1.82, 2.24) is 19.2 Å². The molecule has 25 heavy (non-hydrogen) atoms. The fourth-order valence-corrected chi connectivity index (χ4v) is 4.40. The maximum absolute atomic E-state index is 13.3. The lowest BCUT2D eigenvalue weighted by molar-refractivity contribution is 0.0720. The molecule has 134 valence electrons. The summed E-state index contributed by atoms with van der Waals surface area (Å²) < 4.78 is 4.42. The van der Waals surface area contributed by atoms with E-state index in [2.05, 4.69) is 52.2 Å². The van der Waals surface area contributed by atoms with Crippen LogP contribution in [0.25, 0.3) is 0 Å². The van der Waals surface area contributed by atoms with Gasteiger partial charge in [-0.25, -0.2) is 0 Å². The van der Waals surface area contributed by atoms with Gasteiger partial charge in [-0.1, -0.05) is 0 Å². The van der Waals surface area contributed by atoms with Gasteiger partial charge in [-0.2, -0.15) is 5.10 Å². The van der Waals surface area contributed by atoms with Crippen LogP contribution < -0.4 is 0 Å². The molecule has 1 unspecified atom stereocenters. The summed E-state index contributed by atoms with van der Waals surface area (Å²) in [5, 5.41) is 4.58. The molecule has 0 spiro atoms. The average molecular weight is 340 g/mol. The van der Waals surface area contributed by atoms with Crippen molar-refractivity contribution in [3.05, 3.63) is 40.5 Å². The van der Waals surface area contributed by atoms with Gasteiger partial charge in [0.25, 0.3) is 5.91 Å². The molecule has 1 aliphatic heterocycles. The number of likely N-dealkylation sites (tertiary alicyclic amines) is 1. The van der Waals surface area contributed by atoms with Gasteiger partial charge in [0.05, 0.1) is 23.8 Å². The van der Waals surface area contributed by atoms with Gasteiger partial charge in [-0.3, -0.25) is 9.48 Å². The largest absolute Gasteiger partial charge is 0.345 e. The second-order valence-electron chi connectivity index (χ2n) is 7.79. The molecule has 1 saturated heterocycles. The van der Waals surface area contributed by atoms with E-state index in [1.54, 1.807) is 0 Å². The molecule has 1 saturated carbocycles. The highest BCUT2D eigenvalue weighted by Gasteiger charge is 2.34. The molecule has 4 rings (SSSR count). The molecule has 5 heteroatoms. The van der Waals surface area contributed by atoms with Gasteiger partial charge in [-0.15, -0.1) is 0 Å². The third-order valence-corrected chi connectivity index (χ3v) is 5.75. The van der Waals surface area contributed by atoms with Crippen molar-refractivity contribution in [1.29, 1.82) is 0 Å². The maximum atomic E-state index is 13.3. The molecule has 0 N–H and O–H groups in total. The first-order chi connectivity index (χ1) is 12.0. The van der Waals surface area contributed by atoms with Crippen molar-refractivity contribution in [2.75, 3.05) is 6.54 Å². The van der Waals surface area contributed by atoms with Crippen molar-refractivity contribution in [2.24, 2.45) is 0 Å². The van der Waals surface area contributed by atoms with Gasteiger partial charge >= 0.3 is 0 Å². The number of aromatic nitrogens is 3. The molecule has 0 bridgehead atoms. The molecule has 2 aromatic heterocycles. The quantitative estimate of drug-likeness (QED) is 0.854. The second kappa shape index (κ2) is 6.04. The van der Waals surface area contributed by atoms with E-state index >= 15 is 0 Å². The Balaban J connectivity index is 1.57. The Bertz CT molecular complexity index is 812. The highest BCUT2D eigenvalue weighted by atomic mass is 16.2. The molecule has 1 aliphatic carbocycles. The van der Waals surface area contributed by atoms with E-state index in [4.69, 9.17) is 0 Å². The van der Waals surface area contributed by atoms with E-state index < -0.39 is 0 Å². The first-order valence-electron chi connectivity index (χ1n) is 9.46. The molecule has 1 atom stereocenters. The predicted octanol–water partition coefficient (Wildman–Crippen LogP) is 3.56. The average Bonchev–Trinajstić information content (AvgIpc) is 3.07. The smallest absolute Gasteiger partial charge is 0.255 e. The Kier molecular flexibility index (Phi) is 3.97. The van der Waals surface area contributed by atoms with E-state index in [0.717, 1.165) is 42.9 Å². The zero-order chi connectivity index (χ0) is 17.7. The van der Waals surface area contributed by atoms with Crippen LogP contribution in [0.1, 0.15) is 64.9 Å². The van der Waals surface area contributed by atoms with Crippen LogP contribution in [0, 0.1) is 27.7 Å². The number of amides is 1. The fourth-order valence-electron chi connectivity index (χ4n) is 4.40. The Labute approximate surface area is 149 Å². The van der Waals surface area contributed by atoms with Gasteiger partial charge in [0.2, 0.25) is 0 Å². The van der Waals surface area contributed by atoms with Crippen molar-refractivity contribution >= 4 is 5.91 Å². The normalized spacial score (nSPS) is 20.5. The first-order valence-corrected chi connectivity index (χ1v) is 9.46. The van der Waals surface area contributed by atoms with Gasteiger partial charge in [0.15, 0.2) is 0 Å². The first kappa shape index (κ1) is 16.4. The summed E-state index contributed by atoms with van der Waals surface area (Å²) in [5.41, 5.74) is 5.47. The van der Waals surface area contributed by atoms with Crippen LogP contribution in [-0.2, 0) is 6.54 Å². The lowest BCUT2D eigenvalue weighted by Gasteiger charge is -2.25. The van der Waals surface area contributed by atoms with Crippen LogP contribution in [0.4, 0.5) is 0 Å². The minimum absolute atomic E-state index is 0.198. The van der Waals surface area contributed by atoms with Crippen molar-refractivity contribution in [3.8, 4) is 0 Å². The summed E-state index contributed by atoms with van der Waals surface area (Å²) in [6.45, 7) is 9.99. The van der Waals surface area contributed by atoms with E-state index in [9.17, 15) is 4.79 Å². The number of hydrogen-bond acceptors (Lipinski definition) is 2. The molecule has 2 aliphatic rings. The highest BCUT2D eigenvalue weighted by Crippen LogP contribution is 2.38. The number of rotatable bonds is 4. The Morgan fingerprint density at radius 2 is 1.88 bits per heavy atom. The van der Waals surface area contributed by atoms with Gasteiger partial charge in [-0.05, 0) is 65.5 Å². The molecule has 5 nitrogen and oxygen atoms in total. The summed E-state index contributed by atoms with van der Waals surface area (Å²) in [6, 6.07) is 5.05. The third kappa shape index (κ3) is 2.90. The molecule has 3 heterocycles. The van der Waals surface area contributed by atoms with Gasteiger partial charge in [0.1, 0.15) is 0 Å². The minimum atomic E-state index is 0.198. The molecular weight excluding hydrogens is 312 g/mol. The SMILES string of the molecule is Cc1cc(C)n(CC2CCCN2C(=O)c2cc(C)n(C3CC3)c2C)n1. The number of aryl methyl sites for hydroxylation is 3. The number of carbonyl (C=O) groups excluding carboxylic acids is 1. The third-order valence-electron chi connectivity index (χ3n) is 5.75. The highest BCUT2D eigenvalue weighted by molar-refractivity contribution is 5.96.